The van der Waals surface area contributed by atoms with E-state index in [-0.39, 0.29) is 22.9 Å². The Morgan fingerprint density at radius 2 is 1.89 bits per heavy atom. The quantitative estimate of drug-likeness (QED) is 0.395. The second-order valence-corrected chi connectivity index (χ2v) is 8.24. The van der Waals surface area contributed by atoms with Crippen molar-refractivity contribution in [2.24, 2.45) is 5.92 Å². The number of carbonyl (C=O) groups excluding carboxylic acids is 1. The number of thiocarbonyl (C=S) groups is 1. The number of benzene rings is 2. The van der Waals surface area contributed by atoms with Gasteiger partial charge in [0.05, 0.1) is 10.9 Å². The number of carbonyl (C=O) groups is 1. The lowest BCUT2D eigenvalue weighted by molar-refractivity contribution is 0.0908. The van der Waals surface area contributed by atoms with E-state index in [2.05, 4.69) is 5.32 Å². The molecule has 1 atom stereocenters. The summed E-state index contributed by atoms with van der Waals surface area (Å²) in [5, 5.41) is 13.0. The van der Waals surface area contributed by atoms with Gasteiger partial charge in [-0.2, -0.15) is 0 Å². The number of ether oxygens (including phenoxy) is 1. The monoisotopic (exact) mass is 414 g/mol. The molecule has 28 heavy (non-hydrogen) atoms. The van der Waals surface area contributed by atoms with Gasteiger partial charge in [0.15, 0.2) is 0 Å². The maximum Gasteiger partial charge on any atom is 0.261 e. The third-order valence-electron chi connectivity index (χ3n) is 4.42. The van der Waals surface area contributed by atoms with Crippen molar-refractivity contribution >= 4 is 44.5 Å². The number of hydrogen-bond acceptors (Lipinski definition) is 5. The van der Waals surface area contributed by atoms with Crippen molar-refractivity contribution in [3.63, 3.8) is 0 Å². The molecule has 0 radical (unpaired) electrons. The minimum absolute atomic E-state index is 0.0850. The Bertz CT molecular complexity index is 934. The largest absolute Gasteiger partial charge is 0.491 e. The first-order valence-corrected chi connectivity index (χ1v) is 10.2. The second-order valence-electron chi connectivity index (χ2n) is 6.75. The Balaban J connectivity index is 1.63. The summed E-state index contributed by atoms with van der Waals surface area (Å²) in [4.78, 5) is 13.6. The van der Waals surface area contributed by atoms with Crippen molar-refractivity contribution in [1.29, 1.82) is 0 Å². The van der Waals surface area contributed by atoms with Gasteiger partial charge >= 0.3 is 0 Å². The molecule has 1 aromatic heterocycles. The van der Waals surface area contributed by atoms with Crippen molar-refractivity contribution < 1.29 is 14.7 Å². The van der Waals surface area contributed by atoms with Crippen LogP contribution >= 0.6 is 23.6 Å². The van der Waals surface area contributed by atoms with Crippen LogP contribution in [0.4, 0.5) is 0 Å². The Hall–Kier alpha value is -2.48. The smallest absolute Gasteiger partial charge is 0.261 e. The van der Waals surface area contributed by atoms with E-state index >= 15 is 0 Å². The zero-order valence-corrected chi connectivity index (χ0v) is 17.3. The van der Waals surface area contributed by atoms with E-state index in [0.717, 1.165) is 10.1 Å². The lowest BCUT2D eigenvalue weighted by Crippen LogP contribution is -2.42. The van der Waals surface area contributed by atoms with Crippen molar-refractivity contribution in [2.45, 2.75) is 19.9 Å². The van der Waals surface area contributed by atoms with Gasteiger partial charge in [-0.05, 0) is 47.7 Å². The van der Waals surface area contributed by atoms with Crippen LogP contribution in [-0.2, 0) is 0 Å². The molecular formula is C21H22N2O3S2. The Labute approximate surface area is 173 Å². The molecule has 0 spiro atoms. The highest BCUT2D eigenvalue weighted by molar-refractivity contribution is 7.80. The molecule has 0 fully saturated rings. The minimum Gasteiger partial charge on any atom is -0.491 e. The molecule has 1 amide bonds. The lowest BCUT2D eigenvalue weighted by Gasteiger charge is -2.22. The maximum atomic E-state index is 12.7. The predicted molar refractivity (Wildman–Crippen MR) is 116 cm³/mol. The fraction of sp³-hybridized carbons (Fsp3) is 0.238. The van der Waals surface area contributed by atoms with E-state index in [4.69, 9.17) is 22.2 Å². The van der Waals surface area contributed by atoms with Crippen LogP contribution in [0, 0.1) is 5.92 Å². The molecule has 0 bridgehead atoms. The van der Waals surface area contributed by atoms with Crippen molar-refractivity contribution in [3.05, 3.63) is 65.0 Å². The summed E-state index contributed by atoms with van der Waals surface area (Å²) < 4.78 is 6.95. The number of hydrogen-bond donors (Lipinski definition) is 3. The van der Waals surface area contributed by atoms with Gasteiger partial charge in [-0.15, -0.1) is 11.3 Å². The first-order valence-electron chi connectivity index (χ1n) is 8.94. The van der Waals surface area contributed by atoms with Gasteiger partial charge in [-0.1, -0.05) is 44.3 Å². The molecule has 146 valence electrons. The van der Waals surface area contributed by atoms with E-state index in [9.17, 15) is 4.79 Å². The fourth-order valence-corrected chi connectivity index (χ4v) is 3.79. The fourth-order valence-electron chi connectivity index (χ4n) is 2.69. The number of hydroxylamine groups is 1. The first-order chi connectivity index (χ1) is 13.5. The summed E-state index contributed by atoms with van der Waals surface area (Å²) in [5.74, 6) is 0.799. The molecule has 3 aromatic rings. The first kappa shape index (κ1) is 20.3. The average Bonchev–Trinajstić information content (AvgIpc) is 3.15. The summed E-state index contributed by atoms with van der Waals surface area (Å²) in [6, 6.07) is 16.9. The number of nitrogens with one attached hydrogen (secondary N) is 2. The van der Waals surface area contributed by atoms with E-state index in [0.29, 0.717) is 22.8 Å². The molecule has 0 saturated heterocycles. The molecule has 0 aliphatic carbocycles. The van der Waals surface area contributed by atoms with Crippen LogP contribution in [-0.4, -0.2) is 28.8 Å². The topological polar surface area (TPSA) is 70.6 Å². The number of amides is 1. The zero-order chi connectivity index (χ0) is 20.1. The van der Waals surface area contributed by atoms with E-state index in [1.54, 1.807) is 24.3 Å². The van der Waals surface area contributed by atoms with Gasteiger partial charge in [0.1, 0.15) is 17.3 Å². The van der Waals surface area contributed by atoms with Crippen molar-refractivity contribution in [2.75, 3.05) is 6.61 Å². The third kappa shape index (κ3) is 4.86. The molecule has 2 aromatic carbocycles. The van der Waals surface area contributed by atoms with Gasteiger partial charge in [-0.25, -0.2) is 0 Å². The zero-order valence-electron chi connectivity index (χ0n) is 15.6. The minimum atomic E-state index is -0.127. The molecule has 0 saturated carbocycles. The summed E-state index contributed by atoms with van der Waals surface area (Å²) >= 11 is 6.46. The molecule has 5 nitrogen and oxygen atoms in total. The number of rotatable bonds is 7. The second kappa shape index (κ2) is 9.14. The number of thiophene rings is 1. The molecule has 0 aliphatic rings. The van der Waals surface area contributed by atoms with Crippen LogP contribution in [0.2, 0.25) is 0 Å². The van der Waals surface area contributed by atoms with Gasteiger partial charge in [0, 0.05) is 10.3 Å². The van der Waals surface area contributed by atoms with E-state index in [1.807, 2.05) is 49.7 Å². The lowest BCUT2D eigenvalue weighted by atomic mass is 10.1. The molecule has 7 heteroatoms. The van der Waals surface area contributed by atoms with E-state index < -0.39 is 0 Å². The van der Waals surface area contributed by atoms with Gasteiger partial charge in [0.25, 0.3) is 5.91 Å². The third-order valence-corrected chi connectivity index (χ3v) is 5.86. The highest BCUT2D eigenvalue weighted by atomic mass is 32.1. The Kier molecular flexibility index (Phi) is 6.61. The SMILES string of the molecule is CC(C)[C@@H](COc1ccc(C(=S)NO)cc1)NC(=O)c1cc2ccccc2s1. The molecule has 3 N–H and O–H groups in total. The predicted octanol–water partition coefficient (Wildman–Crippen LogP) is 4.39. The number of fused-ring (bicyclic) bond motifs is 1. The molecule has 0 unspecified atom stereocenters. The summed E-state index contributed by atoms with van der Waals surface area (Å²) in [6.07, 6.45) is 0. The molecule has 0 aliphatic heterocycles. The van der Waals surface area contributed by atoms with Crippen LogP contribution in [0.15, 0.2) is 54.6 Å². The average molecular weight is 415 g/mol. The standard InChI is InChI=1S/C21H22N2O3S2/c1-13(2)17(12-26-16-9-7-14(8-10-16)21(27)23-25)22-20(24)19-11-15-5-3-4-6-18(15)28-19/h3-11,13,17,25H,12H2,1-2H3,(H,22,24)(H,23,27)/t17-/m1/s1. The Morgan fingerprint density at radius 3 is 2.54 bits per heavy atom. The van der Waals surface area contributed by atoms with Gasteiger partial charge in [-0.3, -0.25) is 15.5 Å². The summed E-state index contributed by atoms with van der Waals surface area (Å²) in [7, 11) is 0. The van der Waals surface area contributed by atoms with Crippen LogP contribution in [0.25, 0.3) is 10.1 Å². The Morgan fingerprint density at radius 1 is 1.18 bits per heavy atom. The molecule has 1 heterocycles. The maximum absolute atomic E-state index is 12.7. The van der Waals surface area contributed by atoms with Crippen LogP contribution in [0.1, 0.15) is 29.1 Å². The van der Waals surface area contributed by atoms with Crippen LogP contribution in [0.3, 0.4) is 0 Å². The van der Waals surface area contributed by atoms with Gasteiger partial charge < -0.3 is 10.1 Å². The highest BCUT2D eigenvalue weighted by Crippen LogP contribution is 2.25. The molecule has 3 rings (SSSR count). The van der Waals surface area contributed by atoms with E-state index in [1.165, 1.54) is 11.3 Å². The summed E-state index contributed by atoms with van der Waals surface area (Å²) in [6.45, 7) is 4.46. The summed E-state index contributed by atoms with van der Waals surface area (Å²) in [5.41, 5.74) is 2.65. The van der Waals surface area contributed by atoms with Crippen LogP contribution in [0.5, 0.6) is 5.75 Å². The highest BCUT2D eigenvalue weighted by Gasteiger charge is 2.19. The van der Waals surface area contributed by atoms with Crippen LogP contribution < -0.4 is 15.5 Å². The molecular weight excluding hydrogens is 392 g/mol. The normalized spacial score (nSPS) is 12.0. The van der Waals surface area contributed by atoms with Crippen molar-refractivity contribution in [3.8, 4) is 5.75 Å². The van der Waals surface area contributed by atoms with Gasteiger partial charge in [0.2, 0.25) is 0 Å². The van der Waals surface area contributed by atoms with Crippen molar-refractivity contribution in [1.82, 2.24) is 10.8 Å².